The molecule has 0 fully saturated rings. The molecular formula is C9H10Cl2N4O2S. The molecule has 0 atom stereocenters. The molecule has 2 heterocycles. The topological polar surface area (TPSA) is 90.3 Å². The van der Waals surface area contributed by atoms with Crippen molar-refractivity contribution in [3.63, 3.8) is 0 Å². The van der Waals surface area contributed by atoms with Gasteiger partial charge >= 0.3 is 0 Å². The zero-order chi connectivity index (χ0) is 13.5. The van der Waals surface area contributed by atoms with Crippen LogP contribution in [0.2, 0.25) is 10.2 Å². The summed E-state index contributed by atoms with van der Waals surface area (Å²) in [6, 6.07) is 1.64. The first-order valence-corrected chi connectivity index (χ1v) is 7.41. The van der Waals surface area contributed by atoms with Crippen LogP contribution in [0.3, 0.4) is 0 Å². The number of aromatic nitrogens is 3. The van der Waals surface area contributed by atoms with Crippen molar-refractivity contribution in [3.05, 3.63) is 21.9 Å². The Morgan fingerprint density at radius 2 is 2.11 bits per heavy atom. The minimum absolute atomic E-state index is 0.172. The van der Waals surface area contributed by atoms with Gasteiger partial charge in [0.05, 0.1) is 10.7 Å². The van der Waals surface area contributed by atoms with Gasteiger partial charge in [-0.2, -0.15) is 9.61 Å². The molecule has 0 unspecified atom stereocenters. The molecule has 0 spiro atoms. The molecule has 9 heteroatoms. The number of sulfonamides is 1. The Kier molecular flexibility index (Phi) is 3.50. The van der Waals surface area contributed by atoms with Crippen LogP contribution >= 0.6 is 23.2 Å². The van der Waals surface area contributed by atoms with Gasteiger partial charge in [0.2, 0.25) is 5.03 Å². The fourth-order valence-electron chi connectivity index (χ4n) is 1.60. The normalized spacial score (nSPS) is 12.2. The lowest BCUT2D eigenvalue weighted by Gasteiger charge is -2.03. The van der Waals surface area contributed by atoms with E-state index in [0.29, 0.717) is 12.1 Å². The van der Waals surface area contributed by atoms with E-state index in [4.69, 9.17) is 28.3 Å². The minimum atomic E-state index is -4.02. The predicted octanol–water partition coefficient (Wildman–Crippen LogP) is 1.64. The van der Waals surface area contributed by atoms with Crippen LogP contribution in [0, 0.1) is 0 Å². The van der Waals surface area contributed by atoms with Gasteiger partial charge in [-0.25, -0.2) is 18.5 Å². The second-order valence-electron chi connectivity index (χ2n) is 3.72. The zero-order valence-electron chi connectivity index (χ0n) is 9.39. The largest absolute Gasteiger partial charge is 0.258 e. The average Bonchev–Trinajstić information content (AvgIpc) is 2.54. The number of imidazole rings is 1. The van der Waals surface area contributed by atoms with Gasteiger partial charge in [-0.1, -0.05) is 36.5 Å². The summed E-state index contributed by atoms with van der Waals surface area (Å²) >= 11 is 11.8. The molecule has 2 aromatic heterocycles. The summed E-state index contributed by atoms with van der Waals surface area (Å²) in [5.41, 5.74) is 0.819. The fourth-order valence-corrected chi connectivity index (χ4v) is 2.98. The Labute approximate surface area is 114 Å². The van der Waals surface area contributed by atoms with Gasteiger partial charge in [-0.15, -0.1) is 0 Å². The Balaban J connectivity index is 2.83. The quantitative estimate of drug-likeness (QED) is 0.933. The Bertz CT molecular complexity index is 711. The number of nitrogens with two attached hydrogens (primary N) is 1. The second-order valence-corrected chi connectivity index (χ2v) is 5.96. The highest BCUT2D eigenvalue weighted by Gasteiger charge is 2.23. The summed E-state index contributed by atoms with van der Waals surface area (Å²) in [5.74, 6) is 0. The molecule has 2 rings (SSSR count). The van der Waals surface area contributed by atoms with Crippen molar-refractivity contribution in [2.24, 2.45) is 5.14 Å². The second kappa shape index (κ2) is 4.65. The minimum Gasteiger partial charge on any atom is -0.223 e. The zero-order valence-corrected chi connectivity index (χ0v) is 11.7. The van der Waals surface area contributed by atoms with Crippen molar-refractivity contribution in [2.45, 2.75) is 24.8 Å². The molecule has 0 aliphatic heterocycles. The molecule has 0 bridgehead atoms. The van der Waals surface area contributed by atoms with Crippen molar-refractivity contribution in [1.29, 1.82) is 0 Å². The molecular weight excluding hydrogens is 299 g/mol. The third kappa shape index (κ3) is 2.31. The standard InChI is InChI=1S/C9H10Cl2N4O2S/c1-2-3-5-4-6(10)8-13-7(11)9(15(8)14-5)18(12,16)17/h4H,2-3H2,1H3,(H2,12,16,17). The predicted molar refractivity (Wildman–Crippen MR) is 68.4 cm³/mol. The van der Waals surface area contributed by atoms with Gasteiger partial charge in [0.15, 0.2) is 10.8 Å². The summed E-state index contributed by atoms with van der Waals surface area (Å²) in [7, 11) is -4.02. The highest BCUT2D eigenvalue weighted by atomic mass is 35.5. The van der Waals surface area contributed by atoms with Gasteiger partial charge in [0, 0.05) is 0 Å². The summed E-state index contributed by atoms with van der Waals surface area (Å²) in [4.78, 5) is 3.86. The van der Waals surface area contributed by atoms with E-state index in [0.717, 1.165) is 10.9 Å². The Morgan fingerprint density at radius 1 is 1.44 bits per heavy atom. The highest BCUT2D eigenvalue weighted by molar-refractivity contribution is 7.89. The lowest BCUT2D eigenvalue weighted by molar-refractivity contribution is 0.589. The Morgan fingerprint density at radius 3 is 2.67 bits per heavy atom. The van der Waals surface area contributed by atoms with Crippen LogP contribution in [0.4, 0.5) is 0 Å². The molecule has 6 nitrogen and oxygen atoms in total. The van der Waals surface area contributed by atoms with Gasteiger partial charge in [0.1, 0.15) is 0 Å². The summed E-state index contributed by atoms with van der Waals surface area (Å²) < 4.78 is 24.0. The van der Waals surface area contributed by atoms with Gasteiger partial charge in [0.25, 0.3) is 10.0 Å². The van der Waals surface area contributed by atoms with Crippen LogP contribution in [0.15, 0.2) is 11.1 Å². The average molecular weight is 309 g/mol. The molecule has 0 aromatic carbocycles. The van der Waals surface area contributed by atoms with E-state index in [2.05, 4.69) is 10.1 Å². The van der Waals surface area contributed by atoms with E-state index >= 15 is 0 Å². The Hall–Kier alpha value is -0.890. The van der Waals surface area contributed by atoms with E-state index in [1.54, 1.807) is 6.07 Å². The monoisotopic (exact) mass is 308 g/mol. The summed E-state index contributed by atoms with van der Waals surface area (Å²) in [6.45, 7) is 1.97. The van der Waals surface area contributed by atoms with E-state index in [9.17, 15) is 8.42 Å². The van der Waals surface area contributed by atoms with E-state index in [-0.39, 0.29) is 20.8 Å². The molecule has 0 aliphatic carbocycles. The van der Waals surface area contributed by atoms with Crippen molar-refractivity contribution < 1.29 is 8.42 Å². The maximum absolute atomic E-state index is 11.5. The van der Waals surface area contributed by atoms with Crippen LogP contribution in [-0.2, 0) is 16.4 Å². The SMILES string of the molecule is CCCc1cc(Cl)c2nc(Cl)c(S(N)(=O)=O)n2n1. The van der Waals surface area contributed by atoms with Crippen molar-refractivity contribution in [2.75, 3.05) is 0 Å². The number of hydrogen-bond donors (Lipinski definition) is 1. The first kappa shape index (κ1) is 13.5. The smallest absolute Gasteiger partial charge is 0.223 e. The van der Waals surface area contributed by atoms with Crippen LogP contribution in [0.5, 0.6) is 0 Å². The van der Waals surface area contributed by atoms with Gasteiger partial charge < -0.3 is 0 Å². The first-order valence-electron chi connectivity index (χ1n) is 5.11. The number of rotatable bonds is 3. The van der Waals surface area contributed by atoms with Crippen LogP contribution in [0.1, 0.15) is 19.0 Å². The number of primary sulfonamides is 1. The van der Waals surface area contributed by atoms with Gasteiger partial charge in [-0.05, 0) is 12.5 Å². The summed E-state index contributed by atoms with van der Waals surface area (Å²) in [6.07, 6.45) is 1.51. The molecule has 0 saturated heterocycles. The van der Waals surface area contributed by atoms with Crippen LogP contribution < -0.4 is 5.14 Å². The van der Waals surface area contributed by atoms with Crippen molar-refractivity contribution >= 4 is 38.9 Å². The molecule has 2 aromatic rings. The number of fused-ring (bicyclic) bond motifs is 1. The van der Waals surface area contributed by atoms with Crippen LogP contribution in [0.25, 0.3) is 5.65 Å². The highest BCUT2D eigenvalue weighted by Crippen LogP contribution is 2.25. The third-order valence-electron chi connectivity index (χ3n) is 2.28. The van der Waals surface area contributed by atoms with Crippen LogP contribution in [-0.4, -0.2) is 23.0 Å². The van der Waals surface area contributed by atoms with E-state index in [1.165, 1.54) is 0 Å². The maximum atomic E-state index is 11.5. The first-order chi connectivity index (χ1) is 8.34. The van der Waals surface area contributed by atoms with Gasteiger partial charge in [-0.3, -0.25) is 0 Å². The molecule has 0 radical (unpaired) electrons. The fraction of sp³-hybridized carbons (Fsp3) is 0.333. The molecule has 0 saturated carbocycles. The lowest BCUT2D eigenvalue weighted by atomic mass is 10.2. The number of nitrogens with zero attached hydrogens (tertiary/aromatic N) is 3. The van der Waals surface area contributed by atoms with E-state index < -0.39 is 10.0 Å². The lowest BCUT2D eigenvalue weighted by Crippen LogP contribution is -2.16. The van der Waals surface area contributed by atoms with Crippen molar-refractivity contribution in [3.8, 4) is 0 Å². The number of aryl methyl sites for hydroxylation is 1. The maximum Gasteiger partial charge on any atom is 0.258 e. The molecule has 98 valence electrons. The molecule has 0 amide bonds. The summed E-state index contributed by atoms with van der Waals surface area (Å²) in [5, 5.41) is 8.92. The van der Waals surface area contributed by atoms with Crippen molar-refractivity contribution in [1.82, 2.24) is 14.6 Å². The third-order valence-corrected chi connectivity index (χ3v) is 3.84. The number of hydrogen-bond acceptors (Lipinski definition) is 4. The molecule has 2 N–H and O–H groups in total. The number of halogens is 2. The molecule has 0 aliphatic rings. The van der Waals surface area contributed by atoms with E-state index in [1.807, 2.05) is 6.92 Å². The molecule has 18 heavy (non-hydrogen) atoms.